The van der Waals surface area contributed by atoms with Crippen molar-refractivity contribution in [3.8, 4) is 22.3 Å². The number of ether oxygens (including phenoxy) is 2. The van der Waals surface area contributed by atoms with Gasteiger partial charge in [0.05, 0.1) is 13.2 Å². The molecule has 0 saturated carbocycles. The van der Waals surface area contributed by atoms with Crippen molar-refractivity contribution >= 4 is 13.2 Å². The van der Waals surface area contributed by atoms with Crippen LogP contribution in [0.5, 0.6) is 0 Å². The van der Waals surface area contributed by atoms with Crippen molar-refractivity contribution in [2.45, 2.75) is 87.9 Å². The summed E-state index contributed by atoms with van der Waals surface area (Å²) in [5.41, 5.74) is 20.1. The van der Waals surface area contributed by atoms with Crippen molar-refractivity contribution in [2.75, 3.05) is 25.5 Å². The highest BCUT2D eigenvalue weighted by molar-refractivity contribution is 7.66. The molecule has 2 nitrogen and oxygen atoms in total. The van der Waals surface area contributed by atoms with Crippen LogP contribution in [0.4, 0.5) is 0 Å². The van der Waals surface area contributed by atoms with E-state index in [0.717, 1.165) is 38.4 Å². The van der Waals surface area contributed by atoms with Gasteiger partial charge in [-0.2, -0.15) is 0 Å². The second-order valence-corrected chi connectivity index (χ2v) is 14.2. The van der Waals surface area contributed by atoms with Crippen LogP contribution >= 0.6 is 7.92 Å². The largest absolute Gasteiger partial charge is 0.348 e. The first-order valence-electron chi connectivity index (χ1n) is 14.3. The standard InChI is InChI=1S/C35H45O2P/c1-20-22(3)26(7)32(27(8)23(20)4)30-12-11-13-31(33-28(9)24(5)21(2)25(6)29(33)10)34(30)38-18-14-35(15-19-38)36-16-17-37-35/h11-13H,14-19H2,1-10H3. The molecule has 38 heavy (non-hydrogen) atoms. The third-order valence-electron chi connectivity index (χ3n) is 10.2. The Morgan fingerprint density at radius 3 is 1.24 bits per heavy atom. The molecule has 2 fully saturated rings. The highest BCUT2D eigenvalue weighted by Crippen LogP contribution is 2.52. The summed E-state index contributed by atoms with van der Waals surface area (Å²) in [5.74, 6) is -0.334. The maximum absolute atomic E-state index is 6.15. The fourth-order valence-electron chi connectivity index (χ4n) is 6.95. The molecule has 2 heterocycles. The van der Waals surface area contributed by atoms with Crippen LogP contribution in [-0.4, -0.2) is 31.3 Å². The highest BCUT2D eigenvalue weighted by Gasteiger charge is 2.41. The molecule has 3 aromatic carbocycles. The Labute approximate surface area is 231 Å². The van der Waals surface area contributed by atoms with Crippen molar-refractivity contribution < 1.29 is 9.47 Å². The summed E-state index contributed by atoms with van der Waals surface area (Å²) in [6.07, 6.45) is 4.31. The van der Waals surface area contributed by atoms with Crippen LogP contribution in [0.25, 0.3) is 22.3 Å². The van der Waals surface area contributed by atoms with Gasteiger partial charge in [0.15, 0.2) is 5.79 Å². The molecule has 5 rings (SSSR count). The van der Waals surface area contributed by atoms with Gasteiger partial charge in [-0.15, -0.1) is 0 Å². The fourth-order valence-corrected chi connectivity index (χ4v) is 9.90. The SMILES string of the molecule is Cc1c(C)c(C)c(-c2cccc(-c3c(C)c(C)c(C)c(C)c3C)c2P2CCC3(CC2)OCCO3)c(C)c1C. The van der Waals surface area contributed by atoms with E-state index in [-0.39, 0.29) is 13.7 Å². The zero-order valence-electron chi connectivity index (χ0n) is 25.2. The van der Waals surface area contributed by atoms with E-state index >= 15 is 0 Å². The zero-order chi connectivity index (χ0) is 27.5. The van der Waals surface area contributed by atoms with Crippen molar-refractivity contribution in [3.63, 3.8) is 0 Å². The maximum atomic E-state index is 6.15. The molecule has 0 atom stereocenters. The van der Waals surface area contributed by atoms with Gasteiger partial charge in [0.1, 0.15) is 0 Å². The molecular weight excluding hydrogens is 483 g/mol. The molecule has 3 aromatic rings. The van der Waals surface area contributed by atoms with Crippen LogP contribution in [-0.2, 0) is 9.47 Å². The molecule has 0 aromatic heterocycles. The molecule has 0 amide bonds. The minimum Gasteiger partial charge on any atom is -0.348 e. The molecule has 0 radical (unpaired) electrons. The third-order valence-corrected chi connectivity index (χ3v) is 12.9. The zero-order valence-corrected chi connectivity index (χ0v) is 26.1. The number of hydrogen-bond acceptors (Lipinski definition) is 2. The number of rotatable bonds is 3. The maximum Gasteiger partial charge on any atom is 0.169 e. The molecule has 1 spiro atoms. The van der Waals surface area contributed by atoms with E-state index in [1.165, 1.54) is 77.9 Å². The first-order chi connectivity index (χ1) is 18.0. The fraction of sp³-hybridized carbons (Fsp3) is 0.486. The number of benzene rings is 3. The highest BCUT2D eigenvalue weighted by atomic mass is 31.1. The molecule has 2 saturated heterocycles. The van der Waals surface area contributed by atoms with E-state index in [1.54, 1.807) is 5.30 Å². The smallest absolute Gasteiger partial charge is 0.169 e. The third kappa shape index (κ3) is 4.28. The Kier molecular flexibility index (Phi) is 7.40. The van der Waals surface area contributed by atoms with Gasteiger partial charge in [-0.3, -0.25) is 0 Å². The van der Waals surface area contributed by atoms with E-state index in [1.807, 2.05) is 0 Å². The van der Waals surface area contributed by atoms with Crippen LogP contribution in [0.2, 0.25) is 0 Å². The van der Waals surface area contributed by atoms with Crippen molar-refractivity contribution in [2.24, 2.45) is 0 Å². The van der Waals surface area contributed by atoms with Crippen molar-refractivity contribution in [1.82, 2.24) is 0 Å². The first kappa shape index (κ1) is 27.6. The van der Waals surface area contributed by atoms with Gasteiger partial charge in [-0.1, -0.05) is 26.1 Å². The molecule has 2 aliphatic heterocycles. The summed E-state index contributed by atoms with van der Waals surface area (Å²) in [4.78, 5) is 0. The van der Waals surface area contributed by atoms with Crippen LogP contribution in [0.15, 0.2) is 18.2 Å². The summed E-state index contributed by atoms with van der Waals surface area (Å²) < 4.78 is 12.3. The molecule has 202 valence electrons. The molecular formula is C35H45O2P. The van der Waals surface area contributed by atoms with Crippen molar-refractivity contribution in [1.29, 1.82) is 0 Å². The summed E-state index contributed by atoms with van der Waals surface area (Å²) in [6, 6.07) is 7.14. The van der Waals surface area contributed by atoms with E-state index in [0.29, 0.717) is 0 Å². The molecule has 0 bridgehead atoms. The quantitative estimate of drug-likeness (QED) is 0.316. The van der Waals surface area contributed by atoms with Crippen LogP contribution in [0, 0.1) is 69.2 Å². The van der Waals surface area contributed by atoms with Gasteiger partial charge in [-0.25, -0.2) is 0 Å². The average molecular weight is 529 g/mol. The summed E-state index contributed by atoms with van der Waals surface area (Å²) in [5, 5.41) is 1.60. The van der Waals surface area contributed by atoms with Crippen molar-refractivity contribution in [3.05, 3.63) is 73.8 Å². The summed E-state index contributed by atoms with van der Waals surface area (Å²) in [7, 11) is -0.361. The lowest BCUT2D eigenvalue weighted by Crippen LogP contribution is -2.37. The Morgan fingerprint density at radius 2 is 0.868 bits per heavy atom. The molecule has 0 aliphatic carbocycles. The van der Waals surface area contributed by atoms with Crippen LogP contribution in [0.3, 0.4) is 0 Å². The van der Waals surface area contributed by atoms with Crippen LogP contribution in [0.1, 0.15) is 68.5 Å². The monoisotopic (exact) mass is 528 g/mol. The van der Waals surface area contributed by atoms with E-state index in [2.05, 4.69) is 87.4 Å². The van der Waals surface area contributed by atoms with Crippen LogP contribution < -0.4 is 5.30 Å². The lowest BCUT2D eigenvalue weighted by atomic mass is 9.83. The predicted molar refractivity (Wildman–Crippen MR) is 165 cm³/mol. The Morgan fingerprint density at radius 1 is 0.526 bits per heavy atom. The van der Waals surface area contributed by atoms with E-state index in [9.17, 15) is 0 Å². The Hall–Kier alpha value is -1.99. The molecule has 0 N–H and O–H groups in total. The minimum absolute atomic E-state index is 0.334. The molecule has 0 unspecified atom stereocenters. The number of hydrogen-bond donors (Lipinski definition) is 0. The second-order valence-electron chi connectivity index (χ2n) is 11.8. The Balaban J connectivity index is 1.79. The summed E-state index contributed by atoms with van der Waals surface area (Å²) >= 11 is 0. The van der Waals surface area contributed by atoms with E-state index in [4.69, 9.17) is 9.47 Å². The lowest BCUT2D eigenvalue weighted by Gasteiger charge is -2.37. The second kappa shape index (κ2) is 10.2. The summed E-state index contributed by atoms with van der Waals surface area (Å²) in [6.45, 7) is 24.6. The minimum atomic E-state index is -0.361. The van der Waals surface area contributed by atoms with Gasteiger partial charge in [-0.05, 0) is 165 Å². The van der Waals surface area contributed by atoms with Gasteiger partial charge in [0, 0.05) is 12.8 Å². The van der Waals surface area contributed by atoms with Gasteiger partial charge in [0.2, 0.25) is 0 Å². The van der Waals surface area contributed by atoms with Gasteiger partial charge in [0.25, 0.3) is 0 Å². The Bertz CT molecular complexity index is 1270. The average Bonchev–Trinajstić information content (AvgIpc) is 3.37. The molecule has 2 aliphatic rings. The van der Waals surface area contributed by atoms with Gasteiger partial charge < -0.3 is 9.47 Å². The molecule has 3 heteroatoms. The first-order valence-corrected chi connectivity index (χ1v) is 16.0. The van der Waals surface area contributed by atoms with E-state index < -0.39 is 0 Å². The topological polar surface area (TPSA) is 18.5 Å². The lowest BCUT2D eigenvalue weighted by molar-refractivity contribution is -0.161. The normalized spacial score (nSPS) is 17.5. The predicted octanol–water partition coefficient (Wildman–Crippen LogP) is 8.75. The van der Waals surface area contributed by atoms with Gasteiger partial charge >= 0.3 is 0 Å².